The number of rotatable bonds is 8. The van der Waals surface area contributed by atoms with Gasteiger partial charge in [0.25, 0.3) is 11.8 Å². The first-order chi connectivity index (χ1) is 14.4. The first-order valence-corrected chi connectivity index (χ1v) is 10.2. The molecule has 1 aliphatic heterocycles. The highest BCUT2D eigenvalue weighted by Crippen LogP contribution is 2.36. The van der Waals surface area contributed by atoms with Crippen LogP contribution >= 0.6 is 0 Å². The number of aryl methyl sites for hydroxylation is 1. The van der Waals surface area contributed by atoms with Crippen molar-refractivity contribution in [3.05, 3.63) is 48.0 Å². The molecule has 1 N–H and O–H groups in total. The number of anilines is 2. The van der Waals surface area contributed by atoms with Crippen LogP contribution in [0.4, 0.5) is 11.4 Å². The zero-order chi connectivity index (χ0) is 21.7. The molecule has 1 aliphatic rings. The van der Waals surface area contributed by atoms with Gasteiger partial charge < -0.3 is 24.6 Å². The minimum absolute atomic E-state index is 0.0659. The van der Waals surface area contributed by atoms with Crippen LogP contribution in [0.25, 0.3) is 0 Å². The summed E-state index contributed by atoms with van der Waals surface area (Å²) in [5, 5.41) is 2.83. The number of carbonyl (C=O) groups is 2. The van der Waals surface area contributed by atoms with Crippen LogP contribution in [-0.4, -0.2) is 56.6 Å². The molecule has 7 heteroatoms. The molecule has 1 heterocycles. The van der Waals surface area contributed by atoms with Gasteiger partial charge in [0.1, 0.15) is 11.5 Å². The SMILES string of the molecule is CCc1cccc(OCC(=O)Nc2ccc3c(c2)OC(C)C(=O)N3CCN(C)C)c1. The van der Waals surface area contributed by atoms with Gasteiger partial charge in [-0.15, -0.1) is 0 Å². The van der Waals surface area contributed by atoms with Crippen molar-refractivity contribution in [2.75, 3.05) is 44.0 Å². The van der Waals surface area contributed by atoms with Crippen LogP contribution in [0.2, 0.25) is 0 Å². The number of hydrogen-bond donors (Lipinski definition) is 1. The lowest BCUT2D eigenvalue weighted by Crippen LogP contribution is -2.46. The molecule has 0 aromatic heterocycles. The summed E-state index contributed by atoms with van der Waals surface area (Å²) in [5.74, 6) is 0.919. The third-order valence-corrected chi connectivity index (χ3v) is 4.90. The van der Waals surface area contributed by atoms with Gasteiger partial charge in [-0.3, -0.25) is 9.59 Å². The monoisotopic (exact) mass is 411 g/mol. The normalized spacial score (nSPS) is 15.6. The Morgan fingerprint density at radius 1 is 1.23 bits per heavy atom. The van der Waals surface area contributed by atoms with Gasteiger partial charge in [-0.1, -0.05) is 19.1 Å². The summed E-state index contributed by atoms with van der Waals surface area (Å²) in [6, 6.07) is 13.0. The molecule has 7 nitrogen and oxygen atoms in total. The van der Waals surface area contributed by atoms with Gasteiger partial charge in [0, 0.05) is 24.8 Å². The fraction of sp³-hybridized carbons (Fsp3) is 0.391. The van der Waals surface area contributed by atoms with E-state index < -0.39 is 6.10 Å². The van der Waals surface area contributed by atoms with Crippen molar-refractivity contribution in [3.63, 3.8) is 0 Å². The number of fused-ring (bicyclic) bond motifs is 1. The lowest BCUT2D eigenvalue weighted by atomic mass is 10.1. The maximum Gasteiger partial charge on any atom is 0.267 e. The number of nitrogens with one attached hydrogen (secondary N) is 1. The average Bonchev–Trinajstić information content (AvgIpc) is 2.72. The molecule has 3 rings (SSSR count). The van der Waals surface area contributed by atoms with Gasteiger partial charge in [0.15, 0.2) is 12.7 Å². The highest BCUT2D eigenvalue weighted by atomic mass is 16.5. The van der Waals surface area contributed by atoms with E-state index >= 15 is 0 Å². The van der Waals surface area contributed by atoms with E-state index in [0.717, 1.165) is 18.5 Å². The van der Waals surface area contributed by atoms with Crippen molar-refractivity contribution in [2.24, 2.45) is 0 Å². The van der Waals surface area contributed by atoms with Crippen molar-refractivity contribution in [3.8, 4) is 11.5 Å². The molecule has 0 radical (unpaired) electrons. The summed E-state index contributed by atoms with van der Waals surface area (Å²) in [5.41, 5.74) is 2.46. The molecule has 0 bridgehead atoms. The topological polar surface area (TPSA) is 71.1 Å². The molecule has 0 saturated carbocycles. The van der Waals surface area contributed by atoms with Crippen molar-refractivity contribution in [1.29, 1.82) is 0 Å². The molecule has 2 amide bonds. The van der Waals surface area contributed by atoms with Crippen LogP contribution in [0.15, 0.2) is 42.5 Å². The van der Waals surface area contributed by atoms with Crippen molar-refractivity contribution >= 4 is 23.2 Å². The Morgan fingerprint density at radius 3 is 2.77 bits per heavy atom. The second-order valence-electron chi connectivity index (χ2n) is 7.57. The maximum absolute atomic E-state index is 12.5. The molecule has 1 unspecified atom stereocenters. The summed E-state index contributed by atoms with van der Waals surface area (Å²) >= 11 is 0. The summed E-state index contributed by atoms with van der Waals surface area (Å²) < 4.78 is 11.4. The van der Waals surface area contributed by atoms with Crippen LogP contribution in [0, 0.1) is 0 Å². The van der Waals surface area contributed by atoms with E-state index in [4.69, 9.17) is 9.47 Å². The summed E-state index contributed by atoms with van der Waals surface area (Å²) in [7, 11) is 3.93. The van der Waals surface area contributed by atoms with Gasteiger partial charge >= 0.3 is 0 Å². The number of nitrogens with zero attached hydrogens (tertiary/aromatic N) is 2. The quantitative estimate of drug-likeness (QED) is 0.723. The van der Waals surface area contributed by atoms with Gasteiger partial charge in [-0.25, -0.2) is 0 Å². The summed E-state index contributed by atoms with van der Waals surface area (Å²) in [6.45, 7) is 5.03. The Labute approximate surface area is 177 Å². The van der Waals surface area contributed by atoms with E-state index in [1.807, 2.05) is 43.3 Å². The Hall–Kier alpha value is -3.06. The fourth-order valence-corrected chi connectivity index (χ4v) is 3.22. The van der Waals surface area contributed by atoms with Crippen molar-refractivity contribution in [2.45, 2.75) is 26.4 Å². The van der Waals surface area contributed by atoms with Crippen LogP contribution in [0.5, 0.6) is 11.5 Å². The molecule has 0 aliphatic carbocycles. The molecular weight excluding hydrogens is 382 g/mol. The number of amides is 2. The first kappa shape index (κ1) is 21.6. The number of ether oxygens (including phenoxy) is 2. The highest BCUT2D eigenvalue weighted by Gasteiger charge is 2.31. The Balaban J connectivity index is 1.65. The molecule has 0 spiro atoms. The summed E-state index contributed by atoms with van der Waals surface area (Å²) in [6.07, 6.45) is 0.338. The Morgan fingerprint density at radius 2 is 2.03 bits per heavy atom. The number of carbonyl (C=O) groups excluding carboxylic acids is 2. The molecule has 2 aromatic carbocycles. The minimum Gasteiger partial charge on any atom is -0.484 e. The lowest BCUT2D eigenvalue weighted by Gasteiger charge is -2.34. The van der Waals surface area contributed by atoms with Gasteiger partial charge in [0.2, 0.25) is 0 Å². The van der Waals surface area contributed by atoms with E-state index in [9.17, 15) is 9.59 Å². The van der Waals surface area contributed by atoms with Crippen LogP contribution in [0.3, 0.4) is 0 Å². The van der Waals surface area contributed by atoms with Gasteiger partial charge in [0.05, 0.1) is 5.69 Å². The predicted octanol–water partition coefficient (Wildman–Crippen LogP) is 2.94. The van der Waals surface area contributed by atoms with E-state index in [2.05, 4.69) is 12.2 Å². The second-order valence-corrected chi connectivity index (χ2v) is 7.57. The zero-order valence-corrected chi connectivity index (χ0v) is 18.0. The zero-order valence-electron chi connectivity index (χ0n) is 18.0. The largest absolute Gasteiger partial charge is 0.484 e. The van der Waals surface area contributed by atoms with E-state index in [1.165, 1.54) is 0 Å². The Kier molecular flexibility index (Phi) is 6.95. The predicted molar refractivity (Wildman–Crippen MR) is 117 cm³/mol. The van der Waals surface area contributed by atoms with Gasteiger partial charge in [-0.2, -0.15) is 0 Å². The number of benzene rings is 2. The lowest BCUT2D eigenvalue weighted by molar-refractivity contribution is -0.125. The molecule has 0 fully saturated rings. The highest BCUT2D eigenvalue weighted by molar-refractivity contribution is 6.00. The molecule has 2 aromatic rings. The second kappa shape index (κ2) is 9.63. The summed E-state index contributed by atoms with van der Waals surface area (Å²) in [4.78, 5) is 28.6. The van der Waals surface area contributed by atoms with Crippen LogP contribution in [-0.2, 0) is 16.0 Å². The molecular formula is C23H29N3O4. The smallest absolute Gasteiger partial charge is 0.267 e. The fourth-order valence-electron chi connectivity index (χ4n) is 3.22. The average molecular weight is 412 g/mol. The van der Waals surface area contributed by atoms with Crippen LogP contribution in [0.1, 0.15) is 19.4 Å². The third kappa shape index (κ3) is 5.30. The molecule has 1 atom stereocenters. The van der Waals surface area contributed by atoms with E-state index in [1.54, 1.807) is 30.0 Å². The Bertz CT molecular complexity index is 913. The molecule has 160 valence electrons. The minimum atomic E-state index is -0.570. The number of likely N-dealkylation sites (N-methyl/N-ethyl adjacent to an activating group) is 1. The van der Waals surface area contributed by atoms with Crippen LogP contribution < -0.4 is 19.7 Å². The van der Waals surface area contributed by atoms with Crippen molar-refractivity contribution < 1.29 is 19.1 Å². The number of hydrogen-bond acceptors (Lipinski definition) is 5. The van der Waals surface area contributed by atoms with E-state index in [-0.39, 0.29) is 18.4 Å². The first-order valence-electron chi connectivity index (χ1n) is 10.2. The standard InChI is InChI=1S/C23H29N3O4/c1-5-17-7-6-8-19(13-17)29-15-22(27)24-18-9-10-20-21(14-18)30-16(2)23(28)26(20)12-11-25(3)4/h6-10,13-14,16H,5,11-12,15H2,1-4H3,(H,24,27). The van der Waals surface area contributed by atoms with Crippen molar-refractivity contribution in [1.82, 2.24) is 4.90 Å². The maximum atomic E-state index is 12.5. The molecule has 0 saturated heterocycles. The third-order valence-electron chi connectivity index (χ3n) is 4.90. The van der Waals surface area contributed by atoms with E-state index in [0.29, 0.717) is 29.4 Å². The molecule has 30 heavy (non-hydrogen) atoms. The van der Waals surface area contributed by atoms with Gasteiger partial charge in [-0.05, 0) is 57.3 Å².